The van der Waals surface area contributed by atoms with Crippen LogP contribution >= 0.6 is 0 Å². The Balaban J connectivity index is 0.000000132. The molecule has 0 fully saturated rings. The summed E-state index contributed by atoms with van der Waals surface area (Å²) < 4.78 is 0. The molecule has 1 N–H and O–H groups in total. The van der Waals surface area contributed by atoms with Crippen molar-refractivity contribution in [3.05, 3.63) is 61.0 Å². The van der Waals surface area contributed by atoms with Gasteiger partial charge in [-0.25, -0.2) is 0 Å². The van der Waals surface area contributed by atoms with Crippen molar-refractivity contribution in [1.29, 1.82) is 0 Å². The first kappa shape index (κ1) is 9.59. The fourth-order valence-corrected chi connectivity index (χ4v) is 0.948. The smallest absolute Gasteiger partial charge is 0.000442 e. The van der Waals surface area contributed by atoms with E-state index in [1.165, 1.54) is 12.8 Å². The number of allylic oxidation sites excluding steroid dienone is 8. The van der Waals surface area contributed by atoms with E-state index in [1.54, 1.807) is 0 Å². The van der Waals surface area contributed by atoms with E-state index in [0.29, 0.717) is 0 Å². The van der Waals surface area contributed by atoms with Gasteiger partial charge >= 0.3 is 0 Å². The minimum absolute atomic E-state index is 1.23. The normalized spacial score (nSPS) is 17.2. The van der Waals surface area contributed by atoms with Gasteiger partial charge in [0.1, 0.15) is 0 Å². The van der Waals surface area contributed by atoms with Crippen LogP contribution in [-0.4, -0.2) is 0 Å². The number of hydrogen-bond donors (Lipinski definition) is 1. The van der Waals surface area contributed by atoms with Gasteiger partial charge in [-0.1, -0.05) is 36.5 Å². The predicted molar refractivity (Wildman–Crippen MR) is 58.1 cm³/mol. The summed E-state index contributed by atoms with van der Waals surface area (Å²) in [7, 11) is 0. The third-order valence-electron chi connectivity index (χ3n) is 1.60. The van der Waals surface area contributed by atoms with Gasteiger partial charge < -0.3 is 5.32 Å². The third kappa shape index (κ3) is 5.74. The van der Waals surface area contributed by atoms with Crippen molar-refractivity contribution in [3.8, 4) is 0 Å². The second-order valence-corrected chi connectivity index (χ2v) is 2.70. The van der Waals surface area contributed by atoms with Crippen molar-refractivity contribution < 1.29 is 0 Å². The van der Waals surface area contributed by atoms with Crippen molar-refractivity contribution in [2.45, 2.75) is 12.8 Å². The molecule has 0 radical (unpaired) electrons. The summed E-state index contributed by atoms with van der Waals surface area (Å²) in [6.45, 7) is 0. The molecule has 0 bridgehead atoms. The second-order valence-electron chi connectivity index (χ2n) is 2.70. The molecule has 0 unspecified atom stereocenters. The predicted octanol–water partition coefficient (Wildman–Crippen LogP) is 3.07. The average Bonchev–Trinajstić information content (AvgIpc) is 2.53. The van der Waals surface area contributed by atoms with Gasteiger partial charge in [0.2, 0.25) is 0 Å². The van der Waals surface area contributed by atoms with E-state index in [4.69, 9.17) is 0 Å². The fourth-order valence-electron chi connectivity index (χ4n) is 0.948. The van der Waals surface area contributed by atoms with E-state index in [2.05, 4.69) is 29.6 Å². The summed E-state index contributed by atoms with van der Waals surface area (Å²) in [6.07, 6.45) is 22.6. The highest BCUT2D eigenvalue weighted by Gasteiger charge is 1.77. The average molecular weight is 173 g/mol. The van der Waals surface area contributed by atoms with Crippen molar-refractivity contribution in [2.24, 2.45) is 0 Å². The maximum absolute atomic E-state index is 2.92. The number of rotatable bonds is 0. The first-order valence-corrected chi connectivity index (χ1v) is 4.56. The van der Waals surface area contributed by atoms with Gasteiger partial charge in [-0.2, -0.15) is 0 Å². The number of hydrogen-bond acceptors (Lipinski definition) is 1. The molecule has 0 aromatic rings. The lowest BCUT2D eigenvalue weighted by molar-refractivity contribution is 1.04. The van der Waals surface area contributed by atoms with E-state index in [-0.39, 0.29) is 0 Å². The van der Waals surface area contributed by atoms with E-state index in [0.717, 1.165) is 0 Å². The van der Waals surface area contributed by atoms with Crippen LogP contribution < -0.4 is 5.32 Å². The quantitative estimate of drug-likeness (QED) is 0.593. The molecular weight excluding hydrogens is 158 g/mol. The third-order valence-corrected chi connectivity index (χ3v) is 1.60. The van der Waals surface area contributed by atoms with Crippen LogP contribution in [0.5, 0.6) is 0 Å². The molecule has 0 atom stereocenters. The van der Waals surface area contributed by atoms with Crippen LogP contribution in [0.2, 0.25) is 0 Å². The second kappa shape index (κ2) is 7.17. The molecule has 1 nitrogen and oxygen atoms in total. The standard InChI is InChI=1S/C6H7N.C6H8/c1-2-4-6-7-5-3-1;1-2-4-6-5-3-1/h1-7H;1-4H,5-6H2. The maximum Gasteiger partial charge on any atom is 0.000442 e. The molecule has 68 valence electrons. The Bertz CT molecular complexity index is 228. The lowest BCUT2D eigenvalue weighted by Gasteiger charge is -1.88. The zero-order valence-electron chi connectivity index (χ0n) is 7.69. The summed E-state index contributed by atoms with van der Waals surface area (Å²) in [6, 6.07) is 0. The van der Waals surface area contributed by atoms with E-state index in [9.17, 15) is 0 Å². The maximum atomic E-state index is 2.92. The van der Waals surface area contributed by atoms with Gasteiger partial charge in [0, 0.05) is 12.4 Å². The Labute approximate surface area is 79.8 Å². The molecule has 0 saturated carbocycles. The summed E-state index contributed by atoms with van der Waals surface area (Å²) in [4.78, 5) is 0. The van der Waals surface area contributed by atoms with Crippen LogP contribution in [0, 0.1) is 0 Å². The van der Waals surface area contributed by atoms with Crippen LogP contribution in [0.4, 0.5) is 0 Å². The molecule has 13 heavy (non-hydrogen) atoms. The van der Waals surface area contributed by atoms with Gasteiger partial charge in [0.15, 0.2) is 0 Å². The monoisotopic (exact) mass is 173 g/mol. The Kier molecular flexibility index (Phi) is 5.28. The van der Waals surface area contributed by atoms with Gasteiger partial charge in [-0.15, -0.1) is 0 Å². The largest absolute Gasteiger partial charge is 0.368 e. The van der Waals surface area contributed by atoms with Crippen molar-refractivity contribution in [1.82, 2.24) is 5.32 Å². The fraction of sp³-hybridized carbons (Fsp3) is 0.167. The minimum atomic E-state index is 1.23. The van der Waals surface area contributed by atoms with Crippen molar-refractivity contribution in [2.75, 3.05) is 0 Å². The Morgan fingerprint density at radius 2 is 1.15 bits per heavy atom. The summed E-state index contributed by atoms with van der Waals surface area (Å²) >= 11 is 0. The Morgan fingerprint density at radius 3 is 1.54 bits per heavy atom. The lowest BCUT2D eigenvalue weighted by atomic mass is 10.2. The Hall–Kier alpha value is -1.50. The van der Waals surface area contributed by atoms with Crippen LogP contribution in [0.3, 0.4) is 0 Å². The summed E-state index contributed by atoms with van der Waals surface area (Å²) in [5.74, 6) is 0. The van der Waals surface area contributed by atoms with E-state index >= 15 is 0 Å². The van der Waals surface area contributed by atoms with Gasteiger partial charge in [0.05, 0.1) is 0 Å². The molecule has 0 saturated heterocycles. The zero-order chi connectivity index (χ0) is 9.19. The van der Waals surface area contributed by atoms with Crippen molar-refractivity contribution in [3.63, 3.8) is 0 Å². The van der Waals surface area contributed by atoms with Crippen LogP contribution in [0.1, 0.15) is 12.8 Å². The van der Waals surface area contributed by atoms with E-state index in [1.807, 2.05) is 36.7 Å². The minimum Gasteiger partial charge on any atom is -0.368 e. The SMILES string of the molecule is C1=CC=CNC=C1.C1=CCCC=C1. The first-order valence-electron chi connectivity index (χ1n) is 4.56. The summed E-state index contributed by atoms with van der Waals surface area (Å²) in [5.41, 5.74) is 0. The molecule has 1 heteroatoms. The molecule has 0 spiro atoms. The number of nitrogens with one attached hydrogen (secondary N) is 1. The molecule has 0 amide bonds. The highest BCUT2D eigenvalue weighted by molar-refractivity contribution is 5.14. The lowest BCUT2D eigenvalue weighted by Crippen LogP contribution is -1.87. The Morgan fingerprint density at radius 1 is 0.615 bits per heavy atom. The van der Waals surface area contributed by atoms with Gasteiger partial charge in [0.25, 0.3) is 0 Å². The molecule has 1 aliphatic carbocycles. The molecule has 2 aliphatic rings. The molecule has 1 aliphatic heterocycles. The highest BCUT2D eigenvalue weighted by atomic mass is 14.8. The van der Waals surface area contributed by atoms with Gasteiger partial charge in [-0.3, -0.25) is 0 Å². The van der Waals surface area contributed by atoms with Crippen molar-refractivity contribution >= 4 is 0 Å². The van der Waals surface area contributed by atoms with Crippen LogP contribution in [0.25, 0.3) is 0 Å². The van der Waals surface area contributed by atoms with Crippen LogP contribution in [0.15, 0.2) is 61.0 Å². The van der Waals surface area contributed by atoms with Crippen LogP contribution in [-0.2, 0) is 0 Å². The molecule has 0 aromatic heterocycles. The molecule has 1 heterocycles. The highest BCUT2D eigenvalue weighted by Crippen LogP contribution is 1.98. The zero-order valence-corrected chi connectivity index (χ0v) is 7.69. The molecule has 2 rings (SSSR count). The first-order chi connectivity index (χ1) is 6.50. The topological polar surface area (TPSA) is 12.0 Å². The molecular formula is C12H15N. The summed E-state index contributed by atoms with van der Waals surface area (Å²) in [5, 5.41) is 2.92. The molecule has 0 aromatic carbocycles. The van der Waals surface area contributed by atoms with Gasteiger partial charge in [-0.05, 0) is 25.0 Å². The van der Waals surface area contributed by atoms with E-state index < -0.39 is 0 Å².